The number of allylic oxidation sites excluding steroid dienone is 4. The highest BCUT2D eigenvalue weighted by atomic mass is 28.2. The van der Waals surface area contributed by atoms with Crippen LogP contribution in [0.15, 0.2) is 50.6 Å². The Balaban J connectivity index is 2.44. The summed E-state index contributed by atoms with van der Waals surface area (Å²) in [6, 6.07) is 0. The van der Waals surface area contributed by atoms with E-state index in [4.69, 9.17) is 0 Å². The van der Waals surface area contributed by atoms with E-state index in [0.717, 1.165) is 11.1 Å². The second-order valence-electron chi connectivity index (χ2n) is 5.64. The van der Waals surface area contributed by atoms with Crippen molar-refractivity contribution in [2.24, 2.45) is 0 Å². The first-order chi connectivity index (χ1) is 8.73. The molecule has 18 heavy (non-hydrogen) atoms. The zero-order chi connectivity index (χ0) is 13.4. The van der Waals surface area contributed by atoms with Crippen LogP contribution in [0, 0.1) is 0 Å². The molecule has 2 heteroatoms. The molecule has 0 heterocycles. The summed E-state index contributed by atoms with van der Waals surface area (Å²) in [6.07, 6.45) is 14.3. The molecule has 0 bridgehead atoms. The summed E-state index contributed by atoms with van der Waals surface area (Å²) < 4.78 is 0. The molecule has 1 fully saturated rings. The Labute approximate surface area is 118 Å². The fourth-order valence-electron chi connectivity index (χ4n) is 3.18. The van der Waals surface area contributed by atoms with Crippen LogP contribution in [0.4, 0.5) is 0 Å². The smallest absolute Gasteiger partial charge is 0.0357 e. The summed E-state index contributed by atoms with van der Waals surface area (Å²) in [5.41, 5.74) is 3.33. The Morgan fingerprint density at radius 3 is 1.50 bits per heavy atom. The average molecular weight is 277 g/mol. The molecule has 1 rings (SSSR count). The van der Waals surface area contributed by atoms with Gasteiger partial charge in [-0.2, -0.15) is 0 Å². The highest BCUT2D eigenvalue weighted by molar-refractivity contribution is 6.43. The lowest BCUT2D eigenvalue weighted by Crippen LogP contribution is -2.19. The van der Waals surface area contributed by atoms with Crippen LogP contribution in [-0.4, -0.2) is 19.0 Å². The standard InChI is InChI=1S/C16H28Si2/c1-5-13(6-2)17-15-10-9-11-16(12-15)18-14(7-3)8-4/h5-8,13-16H,1-4,9-12,17-18H2. The first kappa shape index (κ1) is 15.5. The number of hydrogen-bond donors (Lipinski definition) is 0. The molecule has 0 aromatic heterocycles. The summed E-state index contributed by atoms with van der Waals surface area (Å²) >= 11 is 0. The maximum Gasteiger partial charge on any atom is 0.0357 e. The average Bonchev–Trinajstić information content (AvgIpc) is 2.42. The van der Waals surface area contributed by atoms with Gasteiger partial charge in [0.15, 0.2) is 0 Å². The molecule has 0 spiro atoms. The van der Waals surface area contributed by atoms with E-state index in [9.17, 15) is 0 Å². The molecule has 1 aliphatic carbocycles. The molecule has 0 nitrogen and oxygen atoms in total. The van der Waals surface area contributed by atoms with Crippen molar-refractivity contribution in [1.82, 2.24) is 0 Å². The minimum absolute atomic E-state index is 0.0643. The zero-order valence-electron chi connectivity index (χ0n) is 11.7. The van der Waals surface area contributed by atoms with Crippen LogP contribution >= 0.6 is 0 Å². The Morgan fingerprint density at radius 1 is 0.778 bits per heavy atom. The van der Waals surface area contributed by atoms with Gasteiger partial charge in [-0.25, -0.2) is 0 Å². The van der Waals surface area contributed by atoms with Crippen molar-refractivity contribution in [3.63, 3.8) is 0 Å². The lowest BCUT2D eigenvalue weighted by molar-refractivity contribution is 0.495. The quantitative estimate of drug-likeness (QED) is 0.467. The van der Waals surface area contributed by atoms with E-state index in [2.05, 4.69) is 50.6 Å². The van der Waals surface area contributed by atoms with Gasteiger partial charge in [-0.05, 0) is 11.1 Å². The van der Waals surface area contributed by atoms with Gasteiger partial charge in [-0.1, -0.05) is 61.1 Å². The molecule has 0 saturated heterocycles. The van der Waals surface area contributed by atoms with Crippen molar-refractivity contribution in [1.29, 1.82) is 0 Å². The molecule has 1 aliphatic rings. The van der Waals surface area contributed by atoms with E-state index in [0.29, 0.717) is 11.1 Å². The van der Waals surface area contributed by atoms with Crippen molar-refractivity contribution in [2.75, 3.05) is 0 Å². The molecule has 100 valence electrons. The molecule has 2 atom stereocenters. The van der Waals surface area contributed by atoms with Gasteiger partial charge in [0.1, 0.15) is 0 Å². The molecule has 0 aromatic rings. The summed E-state index contributed by atoms with van der Waals surface area (Å²) in [7, 11) is -0.129. The maximum absolute atomic E-state index is 3.94. The summed E-state index contributed by atoms with van der Waals surface area (Å²) in [5, 5.41) is 0. The lowest BCUT2D eigenvalue weighted by Gasteiger charge is -2.31. The van der Waals surface area contributed by atoms with E-state index in [1.165, 1.54) is 25.7 Å². The van der Waals surface area contributed by atoms with Gasteiger partial charge in [0.25, 0.3) is 0 Å². The summed E-state index contributed by atoms with van der Waals surface area (Å²) in [6.45, 7) is 15.7. The highest BCUT2D eigenvalue weighted by Gasteiger charge is 2.24. The number of rotatable bonds is 8. The van der Waals surface area contributed by atoms with Crippen molar-refractivity contribution in [2.45, 2.75) is 47.8 Å². The van der Waals surface area contributed by atoms with Crippen LogP contribution < -0.4 is 0 Å². The van der Waals surface area contributed by atoms with Crippen molar-refractivity contribution >= 4 is 19.0 Å². The topological polar surface area (TPSA) is 0 Å². The third-order valence-corrected chi connectivity index (χ3v) is 9.55. The second kappa shape index (κ2) is 8.49. The Bertz CT molecular complexity index is 251. The van der Waals surface area contributed by atoms with Gasteiger partial charge in [0.05, 0.1) is 0 Å². The molecule has 0 aromatic carbocycles. The van der Waals surface area contributed by atoms with Crippen LogP contribution in [-0.2, 0) is 0 Å². The van der Waals surface area contributed by atoms with Crippen LogP contribution in [0.2, 0.25) is 22.2 Å². The Kier molecular flexibility index (Phi) is 7.29. The van der Waals surface area contributed by atoms with Crippen molar-refractivity contribution in [3.05, 3.63) is 50.6 Å². The maximum atomic E-state index is 3.94. The van der Waals surface area contributed by atoms with Crippen LogP contribution in [0.1, 0.15) is 25.7 Å². The van der Waals surface area contributed by atoms with Crippen LogP contribution in [0.5, 0.6) is 0 Å². The van der Waals surface area contributed by atoms with E-state index in [1.807, 2.05) is 0 Å². The lowest BCUT2D eigenvalue weighted by atomic mass is 9.99. The molecule has 2 unspecified atom stereocenters. The van der Waals surface area contributed by atoms with E-state index in [-0.39, 0.29) is 19.0 Å². The predicted molar refractivity (Wildman–Crippen MR) is 91.3 cm³/mol. The van der Waals surface area contributed by atoms with Gasteiger partial charge >= 0.3 is 0 Å². The summed E-state index contributed by atoms with van der Waals surface area (Å²) in [5.74, 6) is 0. The predicted octanol–water partition coefficient (Wildman–Crippen LogP) is 3.80. The fourth-order valence-corrected chi connectivity index (χ4v) is 8.33. The molecule has 0 amide bonds. The minimum atomic E-state index is -0.0643. The van der Waals surface area contributed by atoms with Gasteiger partial charge in [0, 0.05) is 19.0 Å². The molecule has 0 N–H and O–H groups in total. The van der Waals surface area contributed by atoms with Crippen LogP contribution in [0.3, 0.4) is 0 Å². The molecule has 0 aliphatic heterocycles. The zero-order valence-corrected chi connectivity index (χ0v) is 14.5. The van der Waals surface area contributed by atoms with Crippen LogP contribution in [0.25, 0.3) is 0 Å². The Morgan fingerprint density at radius 2 is 1.17 bits per heavy atom. The normalized spacial score (nSPS) is 25.2. The third-order valence-electron chi connectivity index (χ3n) is 4.31. The third kappa shape index (κ3) is 4.95. The van der Waals surface area contributed by atoms with E-state index in [1.54, 1.807) is 0 Å². The van der Waals surface area contributed by atoms with Gasteiger partial charge in [-0.15, -0.1) is 26.3 Å². The molecule has 0 radical (unpaired) electrons. The van der Waals surface area contributed by atoms with Gasteiger partial charge < -0.3 is 0 Å². The Hall–Kier alpha value is -0.606. The first-order valence-corrected chi connectivity index (χ1v) is 10.5. The minimum Gasteiger partial charge on any atom is -0.103 e. The molecular weight excluding hydrogens is 248 g/mol. The van der Waals surface area contributed by atoms with Crippen molar-refractivity contribution in [3.8, 4) is 0 Å². The monoisotopic (exact) mass is 276 g/mol. The van der Waals surface area contributed by atoms with Gasteiger partial charge in [-0.3, -0.25) is 0 Å². The summed E-state index contributed by atoms with van der Waals surface area (Å²) in [4.78, 5) is 0. The van der Waals surface area contributed by atoms with E-state index >= 15 is 0 Å². The first-order valence-electron chi connectivity index (χ1n) is 7.23. The molecular formula is C16H28Si2. The molecule has 1 saturated carbocycles. The highest BCUT2D eigenvalue weighted by Crippen LogP contribution is 2.39. The largest absolute Gasteiger partial charge is 0.103 e. The van der Waals surface area contributed by atoms with Crippen molar-refractivity contribution < 1.29 is 0 Å². The second-order valence-corrected chi connectivity index (χ2v) is 10.8. The SMILES string of the molecule is C=CC(C=C)[SiH2]C1CCCC([SiH2]C(C=C)C=C)C1. The van der Waals surface area contributed by atoms with Gasteiger partial charge in [0.2, 0.25) is 0 Å². The van der Waals surface area contributed by atoms with E-state index < -0.39 is 0 Å². The number of hydrogen-bond acceptors (Lipinski definition) is 0. The fraction of sp³-hybridized carbons (Fsp3) is 0.500.